The molecule has 0 aromatic carbocycles. The molecule has 1 nitrogen and oxygen atoms in total. The van der Waals surface area contributed by atoms with Gasteiger partial charge in [-0.25, -0.2) is 0 Å². The summed E-state index contributed by atoms with van der Waals surface area (Å²) in [5.74, 6) is 2.57. The summed E-state index contributed by atoms with van der Waals surface area (Å²) in [7, 11) is 0. The Morgan fingerprint density at radius 1 is 1.27 bits per heavy atom. The number of carbonyl (C=O) groups excluding carboxylic acids is 1. The molecule has 0 aromatic heterocycles. The highest BCUT2D eigenvalue weighted by Crippen LogP contribution is 2.85. The van der Waals surface area contributed by atoms with Gasteiger partial charge in [0.2, 0.25) is 0 Å². The number of aldehydes is 1. The second kappa shape index (κ2) is 1.30. The van der Waals surface area contributed by atoms with Gasteiger partial charge in [-0.05, 0) is 36.0 Å². The van der Waals surface area contributed by atoms with E-state index in [0.29, 0.717) is 5.41 Å². The fourth-order valence-corrected chi connectivity index (χ4v) is 4.18. The molecule has 0 aromatic rings. The zero-order chi connectivity index (χ0) is 7.85. The van der Waals surface area contributed by atoms with Crippen LogP contribution in [-0.4, -0.2) is 6.29 Å². The molecular weight excluding hydrogens is 136 g/mol. The molecule has 0 saturated heterocycles. The molecule has 0 N–H and O–H groups in total. The topological polar surface area (TPSA) is 17.1 Å². The van der Waals surface area contributed by atoms with Gasteiger partial charge in [0.1, 0.15) is 6.29 Å². The molecule has 4 fully saturated rings. The van der Waals surface area contributed by atoms with Crippen molar-refractivity contribution in [3.05, 3.63) is 0 Å². The Bertz CT molecular complexity index is 233. The van der Waals surface area contributed by atoms with Gasteiger partial charge >= 0.3 is 0 Å². The first-order valence-corrected chi connectivity index (χ1v) is 4.61. The van der Waals surface area contributed by atoms with Crippen LogP contribution in [0.25, 0.3) is 0 Å². The lowest BCUT2D eigenvalue weighted by molar-refractivity contribution is -0.119. The van der Waals surface area contributed by atoms with Crippen LogP contribution in [0.15, 0.2) is 0 Å². The van der Waals surface area contributed by atoms with Crippen LogP contribution in [-0.2, 0) is 4.79 Å². The smallest absolute Gasteiger partial charge is 0.126 e. The standard InChI is InChI=1S/C10H14O/c1-9(5-11)6-3-7-8(4-6)10(7,9)2/h5-8H,3-4H2,1-2H3/t6?,7-,8+,9-,10?/m1/s1. The first-order chi connectivity index (χ1) is 5.14. The van der Waals surface area contributed by atoms with Crippen LogP contribution >= 0.6 is 0 Å². The summed E-state index contributed by atoms with van der Waals surface area (Å²) in [5, 5.41) is 0. The molecule has 5 atom stereocenters. The third-order valence-corrected chi connectivity index (χ3v) is 5.25. The maximum absolute atomic E-state index is 11.0. The molecule has 11 heavy (non-hydrogen) atoms. The van der Waals surface area contributed by atoms with Crippen molar-refractivity contribution < 1.29 is 4.79 Å². The number of rotatable bonds is 1. The van der Waals surface area contributed by atoms with Crippen molar-refractivity contribution >= 4 is 6.29 Å². The van der Waals surface area contributed by atoms with E-state index in [2.05, 4.69) is 13.8 Å². The Hall–Kier alpha value is -0.330. The molecule has 4 saturated carbocycles. The van der Waals surface area contributed by atoms with Crippen molar-refractivity contribution in [1.29, 1.82) is 0 Å². The molecule has 1 heteroatoms. The Balaban J connectivity index is 2.16. The van der Waals surface area contributed by atoms with Crippen molar-refractivity contribution in [3.8, 4) is 0 Å². The molecular formula is C10H14O. The maximum Gasteiger partial charge on any atom is 0.126 e. The summed E-state index contributed by atoms with van der Waals surface area (Å²) >= 11 is 0. The Morgan fingerprint density at radius 2 is 1.82 bits per heavy atom. The Labute approximate surface area is 67.2 Å². The van der Waals surface area contributed by atoms with Crippen molar-refractivity contribution in [1.82, 2.24) is 0 Å². The van der Waals surface area contributed by atoms with Gasteiger partial charge in [-0.3, -0.25) is 0 Å². The van der Waals surface area contributed by atoms with Crippen LogP contribution in [0.2, 0.25) is 0 Å². The highest BCUT2D eigenvalue weighted by atomic mass is 16.1. The SMILES string of the molecule is CC12[C@@H]3CC(C[C@@H]31)[C@@]2(C)C=O. The van der Waals surface area contributed by atoms with Crippen LogP contribution in [0.3, 0.4) is 0 Å². The molecule has 4 aliphatic carbocycles. The summed E-state index contributed by atoms with van der Waals surface area (Å²) in [6.07, 6.45) is 3.93. The Morgan fingerprint density at radius 3 is 2.00 bits per heavy atom. The minimum absolute atomic E-state index is 0.0579. The number of hydrogen-bond acceptors (Lipinski definition) is 1. The van der Waals surface area contributed by atoms with Gasteiger partial charge in [0.15, 0.2) is 0 Å². The summed E-state index contributed by atoms with van der Waals surface area (Å²) in [6.45, 7) is 4.50. The molecule has 0 heterocycles. The van der Waals surface area contributed by atoms with E-state index in [-0.39, 0.29) is 5.41 Å². The zero-order valence-electron chi connectivity index (χ0n) is 7.13. The third kappa shape index (κ3) is 0.361. The lowest BCUT2D eigenvalue weighted by Crippen LogP contribution is -2.28. The minimum atomic E-state index is 0.0579. The first-order valence-electron chi connectivity index (χ1n) is 4.61. The monoisotopic (exact) mass is 150 g/mol. The van der Waals surface area contributed by atoms with Crippen LogP contribution in [0, 0.1) is 28.6 Å². The molecule has 60 valence electrons. The average molecular weight is 150 g/mol. The van der Waals surface area contributed by atoms with E-state index in [1.54, 1.807) is 0 Å². The largest absolute Gasteiger partial charge is 0.303 e. The second-order valence-electron chi connectivity index (χ2n) is 5.06. The molecule has 0 radical (unpaired) electrons. The first kappa shape index (κ1) is 6.22. The van der Waals surface area contributed by atoms with E-state index in [1.807, 2.05) is 0 Å². The highest BCUT2D eigenvalue weighted by Gasteiger charge is 2.81. The molecule has 0 spiro atoms. The quantitative estimate of drug-likeness (QED) is 0.521. The Kier molecular flexibility index (Phi) is 0.733. The van der Waals surface area contributed by atoms with Crippen molar-refractivity contribution in [2.75, 3.05) is 0 Å². The molecule has 4 aliphatic rings. The second-order valence-corrected chi connectivity index (χ2v) is 5.06. The van der Waals surface area contributed by atoms with Gasteiger partial charge < -0.3 is 4.79 Å². The maximum atomic E-state index is 11.0. The van der Waals surface area contributed by atoms with Gasteiger partial charge in [0.05, 0.1) is 0 Å². The summed E-state index contributed by atoms with van der Waals surface area (Å²) in [5.41, 5.74) is 0.488. The van der Waals surface area contributed by atoms with Gasteiger partial charge in [-0.15, -0.1) is 0 Å². The molecule has 2 unspecified atom stereocenters. The summed E-state index contributed by atoms with van der Waals surface area (Å²) < 4.78 is 0. The lowest BCUT2D eigenvalue weighted by atomic mass is 9.76. The van der Waals surface area contributed by atoms with Crippen LogP contribution < -0.4 is 0 Å². The van der Waals surface area contributed by atoms with E-state index < -0.39 is 0 Å². The van der Waals surface area contributed by atoms with Crippen LogP contribution in [0.5, 0.6) is 0 Å². The molecule has 4 rings (SSSR count). The van der Waals surface area contributed by atoms with Crippen LogP contribution in [0.1, 0.15) is 26.7 Å². The minimum Gasteiger partial charge on any atom is -0.303 e. The predicted molar refractivity (Wildman–Crippen MR) is 42.0 cm³/mol. The lowest BCUT2D eigenvalue weighted by Gasteiger charge is -2.26. The number of hydrogen-bond donors (Lipinski definition) is 0. The third-order valence-electron chi connectivity index (χ3n) is 5.25. The van der Waals surface area contributed by atoms with Crippen molar-refractivity contribution in [2.45, 2.75) is 26.7 Å². The van der Waals surface area contributed by atoms with Gasteiger partial charge in [-0.1, -0.05) is 13.8 Å². The summed E-state index contributed by atoms with van der Waals surface area (Å²) in [6, 6.07) is 0. The molecule has 0 aliphatic heterocycles. The van der Waals surface area contributed by atoms with Crippen molar-refractivity contribution in [3.63, 3.8) is 0 Å². The normalized spacial score (nSPS) is 70.2. The zero-order valence-corrected chi connectivity index (χ0v) is 7.13. The van der Waals surface area contributed by atoms with E-state index in [4.69, 9.17) is 0 Å². The fraction of sp³-hybridized carbons (Fsp3) is 0.900. The fourth-order valence-electron chi connectivity index (χ4n) is 4.18. The number of carbonyl (C=O) groups is 1. The summed E-state index contributed by atoms with van der Waals surface area (Å²) in [4.78, 5) is 11.0. The predicted octanol–water partition coefficient (Wildman–Crippen LogP) is 1.87. The molecule has 4 bridgehead atoms. The van der Waals surface area contributed by atoms with Gasteiger partial charge in [0.25, 0.3) is 0 Å². The molecule has 0 amide bonds. The highest BCUT2D eigenvalue weighted by molar-refractivity contribution is 5.66. The van der Waals surface area contributed by atoms with Crippen molar-refractivity contribution in [2.24, 2.45) is 28.6 Å². The van der Waals surface area contributed by atoms with Crippen LogP contribution in [0.4, 0.5) is 0 Å². The average Bonchev–Trinajstić information content (AvgIpc) is 2.42. The van der Waals surface area contributed by atoms with E-state index >= 15 is 0 Å². The van der Waals surface area contributed by atoms with E-state index in [9.17, 15) is 4.79 Å². The van der Waals surface area contributed by atoms with Gasteiger partial charge in [-0.2, -0.15) is 0 Å². The van der Waals surface area contributed by atoms with E-state index in [0.717, 1.165) is 17.8 Å². The van der Waals surface area contributed by atoms with E-state index in [1.165, 1.54) is 19.1 Å². The van der Waals surface area contributed by atoms with Gasteiger partial charge in [0, 0.05) is 5.41 Å².